The van der Waals surface area contributed by atoms with Crippen LogP contribution in [-0.2, 0) is 55.3 Å². The van der Waals surface area contributed by atoms with Crippen molar-refractivity contribution in [3.8, 4) is 28.8 Å². The highest BCUT2D eigenvalue weighted by Gasteiger charge is 2.25. The molecule has 3 heterocycles. The van der Waals surface area contributed by atoms with Crippen LogP contribution in [-0.4, -0.2) is 92.6 Å². The quantitative estimate of drug-likeness (QED) is 0.0764. The number of halogens is 2. The van der Waals surface area contributed by atoms with Crippen LogP contribution in [0.5, 0.6) is 5.75 Å². The van der Waals surface area contributed by atoms with Crippen molar-refractivity contribution in [3.63, 3.8) is 0 Å². The highest BCUT2D eigenvalue weighted by atomic mass is 32.2. The van der Waals surface area contributed by atoms with E-state index in [9.17, 15) is 43.6 Å². The van der Waals surface area contributed by atoms with Gasteiger partial charge >= 0.3 is 22.1 Å². The molecule has 18 nitrogen and oxygen atoms in total. The second kappa shape index (κ2) is 25.8. The van der Waals surface area contributed by atoms with Crippen LogP contribution in [0.4, 0.5) is 20.2 Å². The first-order chi connectivity index (χ1) is 34.7. The molecule has 23 heteroatoms. The lowest BCUT2D eigenvalue weighted by atomic mass is 10.1. The Morgan fingerprint density at radius 3 is 1.81 bits per heavy atom. The van der Waals surface area contributed by atoms with Gasteiger partial charge in [-0.05, 0) is 105 Å². The van der Waals surface area contributed by atoms with Crippen molar-refractivity contribution in [1.29, 1.82) is 0 Å². The molecule has 7 aromatic rings. The van der Waals surface area contributed by atoms with Crippen molar-refractivity contribution in [2.24, 2.45) is 5.90 Å². The average molecular weight is 1080 g/mol. The predicted molar refractivity (Wildman–Crippen MR) is 277 cm³/mol. The van der Waals surface area contributed by atoms with E-state index < -0.39 is 47.9 Å². The highest BCUT2D eigenvalue weighted by Crippen LogP contribution is 2.32. The lowest BCUT2D eigenvalue weighted by Crippen LogP contribution is -2.26. The van der Waals surface area contributed by atoms with E-state index in [2.05, 4.69) is 30.9 Å². The molecule has 0 bridgehead atoms. The number of hydrogen-bond donors (Lipinski definition) is 1. The van der Waals surface area contributed by atoms with Crippen LogP contribution >= 0.6 is 0 Å². The Kier molecular flexibility index (Phi) is 20.5. The Balaban J connectivity index is 0.000000224. The first-order valence-corrected chi connectivity index (χ1v) is 26.7. The number of nitrogens with two attached hydrogens (primary N) is 1. The Hall–Kier alpha value is -7.75. The van der Waals surface area contributed by atoms with Crippen molar-refractivity contribution in [3.05, 3.63) is 172 Å². The molecule has 392 valence electrons. The Labute approximate surface area is 429 Å². The number of ether oxygens (including phenoxy) is 3. The van der Waals surface area contributed by atoms with E-state index in [1.165, 1.54) is 93.8 Å². The minimum Gasteiger partial charge on any atom is -0.487 e. The first kappa shape index (κ1) is 58.8. The van der Waals surface area contributed by atoms with Gasteiger partial charge in [-0.2, -0.15) is 23.7 Å². The number of aryl methyl sites for hydroxylation is 4. The lowest BCUT2D eigenvalue weighted by Gasteiger charge is -2.19. The number of carbonyl (C=O) groups is 2. The number of pyridine rings is 2. The van der Waals surface area contributed by atoms with E-state index in [-0.39, 0.29) is 16.3 Å². The maximum Gasteiger partial charge on any atom is 0.384 e. The Morgan fingerprint density at radius 2 is 1.28 bits per heavy atom. The van der Waals surface area contributed by atoms with Gasteiger partial charge in [0.05, 0.1) is 50.3 Å². The van der Waals surface area contributed by atoms with Crippen LogP contribution in [0, 0.1) is 51.2 Å². The molecule has 0 atom stereocenters. The molecule has 0 radical (unpaired) electrons. The van der Waals surface area contributed by atoms with Crippen molar-refractivity contribution < 1.29 is 62.1 Å². The number of methoxy groups -OCH3 is 2. The Bertz CT molecular complexity index is 3490. The number of carbonyl (C=O) groups excluding carboxylic acids is 2. The zero-order valence-corrected chi connectivity index (χ0v) is 44.4. The maximum atomic E-state index is 13.3. The van der Waals surface area contributed by atoms with Gasteiger partial charge in [0.25, 0.3) is 0 Å². The number of anilines is 2. The van der Waals surface area contributed by atoms with Crippen LogP contribution < -0.4 is 19.2 Å². The molecule has 3 aromatic heterocycles. The van der Waals surface area contributed by atoms with Gasteiger partial charge < -0.3 is 14.2 Å². The van der Waals surface area contributed by atoms with E-state index in [0.29, 0.717) is 62.8 Å². The van der Waals surface area contributed by atoms with Gasteiger partial charge in [0.1, 0.15) is 45.8 Å². The largest absolute Gasteiger partial charge is 0.487 e. The van der Waals surface area contributed by atoms with E-state index in [4.69, 9.17) is 15.4 Å². The summed E-state index contributed by atoms with van der Waals surface area (Å²) >= 11 is 0. The minimum absolute atomic E-state index is 0.158. The summed E-state index contributed by atoms with van der Waals surface area (Å²) in [7, 11) is -5.19. The van der Waals surface area contributed by atoms with Crippen molar-refractivity contribution in [1.82, 2.24) is 14.6 Å². The zero-order chi connectivity index (χ0) is 55.1. The summed E-state index contributed by atoms with van der Waals surface area (Å²) < 4.78 is 118. The monoisotopic (exact) mass is 1080 g/mol. The molecule has 0 fully saturated rings. The zero-order valence-electron chi connectivity index (χ0n) is 41.9. The fourth-order valence-electron chi connectivity index (χ4n) is 6.76. The summed E-state index contributed by atoms with van der Waals surface area (Å²) in [5.74, 6) is 8.04. The molecule has 0 unspecified atom stereocenters. The summed E-state index contributed by atoms with van der Waals surface area (Å²) in [5, 5.41) is 4.42. The Morgan fingerprint density at radius 1 is 0.730 bits per heavy atom. The van der Waals surface area contributed by atoms with Crippen LogP contribution in [0.25, 0.3) is 16.8 Å². The number of esters is 2. The number of benzene rings is 4. The third-order valence-corrected chi connectivity index (χ3v) is 14.2. The molecule has 0 aliphatic carbocycles. The molecule has 0 spiro atoms. The van der Waals surface area contributed by atoms with E-state index in [1.807, 2.05) is 37.3 Å². The van der Waals surface area contributed by atoms with Gasteiger partial charge in [0, 0.05) is 43.4 Å². The molecule has 0 aliphatic heterocycles. The van der Waals surface area contributed by atoms with Crippen molar-refractivity contribution in [2.75, 3.05) is 49.4 Å². The first-order valence-electron chi connectivity index (χ1n) is 21.6. The third kappa shape index (κ3) is 16.1. The number of fused-ring (bicyclic) bond motifs is 1. The smallest absolute Gasteiger partial charge is 0.384 e. The number of sulfonamides is 2. The van der Waals surface area contributed by atoms with E-state index in [1.54, 1.807) is 51.2 Å². The van der Waals surface area contributed by atoms with E-state index >= 15 is 0 Å². The summed E-state index contributed by atoms with van der Waals surface area (Å²) in [6.07, 6.45) is 6.82. The normalized spacial score (nSPS) is 10.9. The second-order valence-electron chi connectivity index (χ2n) is 16.0. The SMILES string of the molecule is CN(c1cnccc1OCc1ccccc1)S(C)(=O)=O.COC(=O)C#Cc1ccc(F)cc1.COC(=O)c1c(-c2ccc(F)cc2)nn2cc(N(C)S(C)(=O)=O)c(C)cc12.Cc1cc(C)c(S(=O)(=O)ON)c(C)c1. The third-order valence-electron chi connectivity index (χ3n) is 10.4. The number of hydrogen-bond acceptors (Lipinski definition) is 15. The van der Waals surface area contributed by atoms with Gasteiger partial charge in [-0.15, -0.1) is 0 Å². The molecule has 74 heavy (non-hydrogen) atoms. The summed E-state index contributed by atoms with van der Waals surface area (Å²) in [5.41, 5.74) is 6.93. The molecular formula is C51H54F2N6O12S3. The van der Waals surface area contributed by atoms with Gasteiger partial charge in [-0.1, -0.05) is 53.9 Å². The minimum atomic E-state index is -3.80. The standard InChI is InChI=1S/C18H18FN3O4S.C14H16N2O3S.C10H7FO2.C9H13NO3S/c1-11-9-14-16(18(23)26-3)17(12-5-7-13(19)8-6-12)20-22(14)10-15(11)21(2)27(4,24)25;1-16(20(2,17)18)13-10-15-9-8-14(13)19-11-12-6-4-3-5-7-12;1-13-10(12)7-4-8-2-5-9(11)6-3-8;1-6-4-7(2)9(8(3)5-6)14(11,12)13-10/h5-10H,1-4H3;3-10H,11H2,1-2H3;2-3,5-6H,1H3;4-5H,10H2,1-3H3. The molecule has 0 saturated heterocycles. The van der Waals surface area contributed by atoms with Crippen LogP contribution in [0.15, 0.2) is 127 Å². The molecule has 4 aromatic carbocycles. The van der Waals surface area contributed by atoms with Crippen molar-refractivity contribution in [2.45, 2.75) is 39.2 Å². The molecule has 0 amide bonds. The fraction of sp³-hybridized carbons (Fsp3) is 0.216. The topological polar surface area (TPSA) is 236 Å². The average Bonchev–Trinajstić information content (AvgIpc) is 3.72. The van der Waals surface area contributed by atoms with Gasteiger partial charge in [0.2, 0.25) is 20.0 Å². The van der Waals surface area contributed by atoms with Gasteiger partial charge in [0.15, 0.2) is 0 Å². The fourth-order valence-corrected chi connectivity index (χ4v) is 8.81. The molecule has 0 saturated carbocycles. The predicted octanol–water partition coefficient (Wildman–Crippen LogP) is 7.23. The van der Waals surface area contributed by atoms with Gasteiger partial charge in [-0.3, -0.25) is 13.6 Å². The van der Waals surface area contributed by atoms with Crippen molar-refractivity contribution >= 4 is 59.0 Å². The summed E-state index contributed by atoms with van der Waals surface area (Å²) in [6, 6.07) is 27.7. The van der Waals surface area contributed by atoms with Crippen LogP contribution in [0.3, 0.4) is 0 Å². The molecular weight excluding hydrogens is 1020 g/mol. The highest BCUT2D eigenvalue weighted by molar-refractivity contribution is 7.92. The van der Waals surface area contributed by atoms with Crippen LogP contribution in [0.1, 0.15) is 43.7 Å². The van der Waals surface area contributed by atoms with Gasteiger partial charge in [-0.25, -0.2) is 39.7 Å². The maximum absolute atomic E-state index is 13.3. The van der Waals surface area contributed by atoms with Crippen LogP contribution in [0.2, 0.25) is 0 Å². The number of aromatic nitrogens is 3. The second-order valence-corrected chi connectivity index (χ2v) is 21.5. The number of rotatable bonds is 11. The summed E-state index contributed by atoms with van der Waals surface area (Å²) in [4.78, 5) is 27.1. The van der Waals surface area contributed by atoms with E-state index in [0.717, 1.165) is 32.2 Å². The lowest BCUT2D eigenvalue weighted by molar-refractivity contribution is -0.133. The molecule has 0 aliphatic rings. The molecule has 2 N–H and O–H groups in total. The molecule has 7 rings (SSSR count). The summed E-state index contributed by atoms with van der Waals surface area (Å²) in [6.45, 7) is 7.44. The number of nitrogens with zero attached hydrogens (tertiary/aromatic N) is 5.